The molecule has 6 aliphatic rings. The lowest BCUT2D eigenvalue weighted by Gasteiger charge is -2.60. The molecule has 6 fully saturated rings. The molecule has 1 aromatic heterocycles. The smallest absolute Gasteiger partial charge is 0.416 e. The van der Waals surface area contributed by atoms with Gasteiger partial charge >= 0.3 is 6.18 Å². The van der Waals surface area contributed by atoms with E-state index in [0.29, 0.717) is 34.6 Å². The molecule has 3 aromatic rings. The van der Waals surface area contributed by atoms with Crippen LogP contribution in [0, 0.1) is 29.6 Å². The second-order valence-electron chi connectivity index (χ2n) is 15.6. The summed E-state index contributed by atoms with van der Waals surface area (Å²) in [6.45, 7) is 4.01. The normalized spacial score (nSPS) is 32.5. The Hall–Kier alpha value is -2.96. The highest BCUT2D eigenvalue weighted by molar-refractivity contribution is 6.04. The fraction of sp³-hybridized carbons (Fsp3) is 0.615. The number of ether oxygens (including phenoxy) is 1. The third-order valence-corrected chi connectivity index (χ3v) is 12.2. The van der Waals surface area contributed by atoms with Gasteiger partial charge in [0.25, 0.3) is 0 Å². The number of methoxy groups -OCH3 is 1. The van der Waals surface area contributed by atoms with Crippen LogP contribution < -0.4 is 15.4 Å². The lowest BCUT2D eigenvalue weighted by atomic mass is 9.53. The van der Waals surface area contributed by atoms with E-state index in [1.165, 1.54) is 44.2 Å². The van der Waals surface area contributed by atoms with E-state index in [0.717, 1.165) is 92.2 Å². The minimum absolute atomic E-state index is 0.163. The number of anilines is 1. The molecule has 1 saturated heterocycles. The van der Waals surface area contributed by atoms with Crippen molar-refractivity contribution < 1.29 is 37.5 Å². The van der Waals surface area contributed by atoms with Crippen molar-refractivity contribution in [2.45, 2.75) is 101 Å². The lowest BCUT2D eigenvalue weighted by Crippen LogP contribution is -2.64. The van der Waals surface area contributed by atoms with Gasteiger partial charge in [-0.25, -0.2) is 0 Å². The minimum atomic E-state index is -4.39. The topological polar surface area (TPSA) is 83.1 Å². The summed E-state index contributed by atoms with van der Waals surface area (Å²) in [5.41, 5.74) is 2.25. The number of pyridine rings is 1. The molecule has 1 atom stereocenters. The predicted octanol–water partition coefficient (Wildman–Crippen LogP) is 9.05. The van der Waals surface area contributed by atoms with Crippen molar-refractivity contribution in [2.75, 3.05) is 25.5 Å². The number of alkyl halides is 3. The third-order valence-electron chi connectivity index (χ3n) is 12.2. The van der Waals surface area contributed by atoms with Crippen LogP contribution >= 0.6 is 0 Å². The van der Waals surface area contributed by atoms with E-state index in [-0.39, 0.29) is 6.04 Å². The predicted molar refractivity (Wildman–Crippen MR) is 183 cm³/mol. The zero-order valence-corrected chi connectivity index (χ0v) is 28.9. The van der Waals surface area contributed by atoms with Gasteiger partial charge in [-0.1, -0.05) is 18.2 Å². The molecular weight excluding hydrogens is 647 g/mol. The number of hydrogen-bond donors (Lipinski definition) is 2. The molecule has 9 rings (SSSR count). The lowest BCUT2D eigenvalue weighted by molar-refractivity contribution is -0.680. The van der Waals surface area contributed by atoms with Crippen LogP contribution in [-0.2, 0) is 25.7 Å². The summed E-state index contributed by atoms with van der Waals surface area (Å²) in [5.74, 6) is 2.05. The molecule has 2 N–H and O–H groups in total. The van der Waals surface area contributed by atoms with Crippen LogP contribution in [0.25, 0.3) is 22.0 Å². The number of nitrogens with one attached hydrogen (secondary N) is 2. The molecule has 5 saturated carbocycles. The van der Waals surface area contributed by atoms with Gasteiger partial charge in [-0.15, -0.1) is 0 Å². The highest BCUT2D eigenvalue weighted by Crippen LogP contribution is 2.62. The van der Waals surface area contributed by atoms with Crippen molar-refractivity contribution >= 4 is 16.6 Å². The van der Waals surface area contributed by atoms with Crippen LogP contribution in [0.2, 0.25) is 0 Å². The SMILES string of the molecule is COc1cc(NC(C)CCCNCC2CCC3(CC2)OOC2(OO3)C3CC4CC(C3)CC2C4)c2ncccc2c1-c1ccc(C(F)(F)F)cc1. The number of halogens is 3. The van der Waals surface area contributed by atoms with Crippen molar-refractivity contribution in [3.63, 3.8) is 0 Å². The molecule has 2 spiro atoms. The first-order valence-corrected chi connectivity index (χ1v) is 18.5. The Balaban J connectivity index is 0.800. The van der Waals surface area contributed by atoms with E-state index >= 15 is 0 Å². The van der Waals surface area contributed by atoms with E-state index in [9.17, 15) is 13.2 Å². The van der Waals surface area contributed by atoms with Crippen LogP contribution in [0.4, 0.5) is 18.9 Å². The summed E-state index contributed by atoms with van der Waals surface area (Å²) >= 11 is 0. The molecule has 11 heteroatoms. The molecule has 5 aliphatic carbocycles. The number of nitrogens with zero attached hydrogens (tertiary/aromatic N) is 1. The highest BCUT2D eigenvalue weighted by atomic mass is 19.4. The van der Waals surface area contributed by atoms with E-state index in [2.05, 4.69) is 22.5 Å². The molecule has 270 valence electrons. The first-order chi connectivity index (χ1) is 24.1. The fourth-order valence-electron chi connectivity index (χ4n) is 9.71. The number of rotatable bonds is 10. The number of hydrogen-bond acceptors (Lipinski definition) is 8. The molecule has 2 aromatic carbocycles. The fourth-order valence-corrected chi connectivity index (χ4v) is 9.71. The van der Waals surface area contributed by atoms with Gasteiger partial charge in [0, 0.05) is 53.9 Å². The first-order valence-electron chi connectivity index (χ1n) is 18.5. The number of benzene rings is 2. The summed E-state index contributed by atoms with van der Waals surface area (Å²) in [6.07, 6.45) is 8.83. The van der Waals surface area contributed by atoms with Crippen molar-refractivity contribution in [3.8, 4) is 16.9 Å². The van der Waals surface area contributed by atoms with Crippen LogP contribution in [0.15, 0.2) is 48.7 Å². The summed E-state index contributed by atoms with van der Waals surface area (Å²) in [7, 11) is 1.57. The Labute approximate surface area is 291 Å². The Kier molecular flexibility index (Phi) is 9.25. The average molecular weight is 696 g/mol. The monoisotopic (exact) mass is 695 g/mol. The van der Waals surface area contributed by atoms with Gasteiger partial charge in [-0.2, -0.15) is 32.7 Å². The second-order valence-corrected chi connectivity index (χ2v) is 15.6. The Morgan fingerprint density at radius 2 is 1.62 bits per heavy atom. The van der Waals surface area contributed by atoms with Crippen LogP contribution in [-0.4, -0.2) is 42.8 Å². The van der Waals surface area contributed by atoms with Crippen LogP contribution in [0.1, 0.15) is 83.1 Å². The van der Waals surface area contributed by atoms with Gasteiger partial charge in [0.2, 0.25) is 11.6 Å². The van der Waals surface area contributed by atoms with E-state index in [1.807, 2.05) is 18.2 Å². The van der Waals surface area contributed by atoms with Crippen molar-refractivity contribution in [2.24, 2.45) is 29.6 Å². The zero-order chi connectivity index (χ0) is 34.5. The van der Waals surface area contributed by atoms with E-state index in [1.54, 1.807) is 13.3 Å². The van der Waals surface area contributed by atoms with Crippen molar-refractivity contribution in [3.05, 3.63) is 54.2 Å². The number of fused-ring (bicyclic) bond motifs is 1. The quantitative estimate of drug-likeness (QED) is 0.161. The summed E-state index contributed by atoms with van der Waals surface area (Å²) < 4.78 is 45.3. The second kappa shape index (κ2) is 13.5. The Morgan fingerprint density at radius 3 is 2.26 bits per heavy atom. The third kappa shape index (κ3) is 6.49. The maximum absolute atomic E-state index is 13.2. The van der Waals surface area contributed by atoms with Gasteiger partial charge in [0.1, 0.15) is 5.75 Å². The Bertz CT molecular complexity index is 1620. The standard InChI is InChI=1S/C39H48F3N3O5/c1-24(45-33-22-34(46-2)35(32-6-4-16-44-36(32)33)28-7-9-29(10-8-28)39(40,41)42)5-3-15-43-23-25-11-13-37(14-12-25)47-49-38(50-48-37)30-18-26-17-27(20-30)21-31(38)19-26/h4,6-10,16,22,24-27,30-31,43,45H,3,5,11-15,17-21,23H2,1-2H3. The zero-order valence-electron chi connectivity index (χ0n) is 28.9. The molecule has 1 aliphatic heterocycles. The Morgan fingerprint density at radius 1 is 0.940 bits per heavy atom. The van der Waals surface area contributed by atoms with E-state index < -0.39 is 23.3 Å². The van der Waals surface area contributed by atoms with Crippen LogP contribution in [0.5, 0.6) is 5.75 Å². The maximum atomic E-state index is 13.2. The minimum Gasteiger partial charge on any atom is -0.496 e. The van der Waals surface area contributed by atoms with Gasteiger partial charge in [0.15, 0.2) is 0 Å². The summed E-state index contributed by atoms with van der Waals surface area (Å²) in [5, 5.41) is 8.08. The largest absolute Gasteiger partial charge is 0.496 e. The highest BCUT2D eigenvalue weighted by Gasteiger charge is 2.64. The molecular formula is C39H48F3N3O5. The molecule has 1 unspecified atom stereocenters. The molecule has 0 amide bonds. The van der Waals surface area contributed by atoms with Gasteiger partial charge in [0.05, 0.1) is 23.9 Å². The number of aromatic nitrogens is 1. The van der Waals surface area contributed by atoms with Gasteiger partial charge in [-0.3, -0.25) is 4.98 Å². The van der Waals surface area contributed by atoms with Crippen LogP contribution in [0.3, 0.4) is 0 Å². The van der Waals surface area contributed by atoms with Crippen molar-refractivity contribution in [1.82, 2.24) is 10.3 Å². The average Bonchev–Trinajstić information content (AvgIpc) is 3.11. The molecule has 2 heterocycles. The maximum Gasteiger partial charge on any atom is 0.416 e. The van der Waals surface area contributed by atoms with Crippen molar-refractivity contribution in [1.29, 1.82) is 0 Å². The molecule has 4 bridgehead atoms. The first kappa shape index (κ1) is 34.1. The molecule has 50 heavy (non-hydrogen) atoms. The van der Waals surface area contributed by atoms with Gasteiger partial charge < -0.3 is 15.4 Å². The van der Waals surface area contributed by atoms with Gasteiger partial charge in [-0.05, 0) is 119 Å². The molecule has 0 radical (unpaired) electrons. The van der Waals surface area contributed by atoms with E-state index in [4.69, 9.17) is 24.3 Å². The summed E-state index contributed by atoms with van der Waals surface area (Å²) in [6, 6.07) is 11.0. The molecule has 8 nitrogen and oxygen atoms in total. The summed E-state index contributed by atoms with van der Waals surface area (Å²) in [4.78, 5) is 29.3.